The van der Waals surface area contributed by atoms with Gasteiger partial charge in [0.2, 0.25) is 0 Å². The minimum Gasteiger partial charge on any atom is -0.478 e. The zero-order chi connectivity index (χ0) is 12.6. The standard InChI is InChI=1S/C13H14N2O2/c1-7-4-5-10(8(2)6-7)12-11(13(16)17)9(3)14-15-12/h4-6H,1-3H3,(H,14,15)(H,16,17). The summed E-state index contributed by atoms with van der Waals surface area (Å²) in [5, 5.41) is 16.0. The largest absolute Gasteiger partial charge is 0.478 e. The van der Waals surface area contributed by atoms with Crippen LogP contribution in [0.1, 0.15) is 27.2 Å². The molecule has 17 heavy (non-hydrogen) atoms. The number of nitrogens with zero attached hydrogens (tertiary/aromatic N) is 1. The number of aromatic amines is 1. The molecule has 0 spiro atoms. The van der Waals surface area contributed by atoms with Crippen LogP contribution in [-0.4, -0.2) is 21.3 Å². The maximum Gasteiger partial charge on any atom is 0.339 e. The molecule has 0 unspecified atom stereocenters. The van der Waals surface area contributed by atoms with Gasteiger partial charge in [0, 0.05) is 11.3 Å². The Labute approximate surface area is 99.3 Å². The lowest BCUT2D eigenvalue weighted by Gasteiger charge is -2.05. The van der Waals surface area contributed by atoms with E-state index in [1.54, 1.807) is 6.92 Å². The molecule has 1 heterocycles. The van der Waals surface area contributed by atoms with E-state index in [1.807, 2.05) is 32.0 Å². The summed E-state index contributed by atoms with van der Waals surface area (Å²) >= 11 is 0. The van der Waals surface area contributed by atoms with Crippen molar-refractivity contribution >= 4 is 5.97 Å². The Bertz CT molecular complexity index is 585. The molecule has 0 saturated heterocycles. The summed E-state index contributed by atoms with van der Waals surface area (Å²) in [5.41, 5.74) is 4.36. The molecular weight excluding hydrogens is 216 g/mol. The van der Waals surface area contributed by atoms with Gasteiger partial charge in [-0.2, -0.15) is 5.10 Å². The van der Waals surface area contributed by atoms with Crippen LogP contribution in [0.25, 0.3) is 11.3 Å². The average molecular weight is 230 g/mol. The molecule has 0 atom stereocenters. The average Bonchev–Trinajstić information content (AvgIpc) is 2.60. The van der Waals surface area contributed by atoms with Crippen molar-refractivity contribution in [1.29, 1.82) is 0 Å². The lowest BCUT2D eigenvalue weighted by Crippen LogP contribution is -2.00. The first-order valence-electron chi connectivity index (χ1n) is 5.36. The van der Waals surface area contributed by atoms with Gasteiger partial charge in [0.25, 0.3) is 0 Å². The summed E-state index contributed by atoms with van der Waals surface area (Å²) in [7, 11) is 0. The van der Waals surface area contributed by atoms with Crippen molar-refractivity contribution in [3.05, 3.63) is 40.6 Å². The summed E-state index contributed by atoms with van der Waals surface area (Å²) in [6.45, 7) is 5.67. The Kier molecular flexibility index (Phi) is 2.71. The monoisotopic (exact) mass is 230 g/mol. The van der Waals surface area contributed by atoms with Crippen LogP contribution in [0.15, 0.2) is 18.2 Å². The van der Waals surface area contributed by atoms with Gasteiger partial charge < -0.3 is 5.11 Å². The highest BCUT2D eigenvalue weighted by molar-refractivity contribution is 5.96. The van der Waals surface area contributed by atoms with Gasteiger partial charge in [-0.3, -0.25) is 5.10 Å². The third-order valence-corrected chi connectivity index (χ3v) is 2.80. The minimum atomic E-state index is -0.953. The van der Waals surface area contributed by atoms with Crippen LogP contribution in [0, 0.1) is 20.8 Å². The SMILES string of the molecule is Cc1ccc(-c2n[nH]c(C)c2C(=O)O)c(C)c1. The normalized spacial score (nSPS) is 10.5. The van der Waals surface area contributed by atoms with E-state index in [2.05, 4.69) is 10.2 Å². The number of carboxylic acids is 1. The van der Waals surface area contributed by atoms with Crippen LogP contribution in [0.3, 0.4) is 0 Å². The van der Waals surface area contributed by atoms with Crippen LogP contribution in [0.4, 0.5) is 0 Å². The molecule has 4 heteroatoms. The molecule has 1 aromatic carbocycles. The Morgan fingerprint density at radius 3 is 2.59 bits per heavy atom. The molecule has 0 saturated carbocycles. The summed E-state index contributed by atoms with van der Waals surface area (Å²) in [6.07, 6.45) is 0. The fraction of sp³-hybridized carbons (Fsp3) is 0.231. The zero-order valence-corrected chi connectivity index (χ0v) is 10.0. The van der Waals surface area contributed by atoms with Gasteiger partial charge in [0.1, 0.15) is 11.3 Å². The molecule has 1 aromatic heterocycles. The third kappa shape index (κ3) is 1.93. The van der Waals surface area contributed by atoms with Crippen molar-refractivity contribution in [2.75, 3.05) is 0 Å². The summed E-state index contributed by atoms with van der Waals surface area (Å²) < 4.78 is 0. The van der Waals surface area contributed by atoms with Crippen molar-refractivity contribution in [1.82, 2.24) is 10.2 Å². The molecule has 2 aromatic rings. The van der Waals surface area contributed by atoms with E-state index in [0.717, 1.165) is 16.7 Å². The van der Waals surface area contributed by atoms with Crippen molar-refractivity contribution in [3.8, 4) is 11.3 Å². The third-order valence-electron chi connectivity index (χ3n) is 2.80. The van der Waals surface area contributed by atoms with Gasteiger partial charge in [-0.25, -0.2) is 4.79 Å². The second-order valence-electron chi connectivity index (χ2n) is 4.20. The fourth-order valence-electron chi connectivity index (χ4n) is 1.97. The Morgan fingerprint density at radius 2 is 2.00 bits per heavy atom. The van der Waals surface area contributed by atoms with Crippen LogP contribution in [-0.2, 0) is 0 Å². The number of rotatable bonds is 2. The Hall–Kier alpha value is -2.10. The summed E-state index contributed by atoms with van der Waals surface area (Å²) in [4.78, 5) is 11.2. The topological polar surface area (TPSA) is 66.0 Å². The predicted molar refractivity (Wildman–Crippen MR) is 65.2 cm³/mol. The number of carbonyl (C=O) groups is 1. The van der Waals surface area contributed by atoms with Crippen molar-refractivity contribution in [2.24, 2.45) is 0 Å². The number of hydrogen-bond donors (Lipinski definition) is 2. The number of benzene rings is 1. The quantitative estimate of drug-likeness (QED) is 0.833. The molecule has 2 rings (SSSR count). The lowest BCUT2D eigenvalue weighted by molar-refractivity contribution is 0.0697. The van der Waals surface area contributed by atoms with Gasteiger partial charge >= 0.3 is 5.97 Å². The number of H-pyrrole nitrogens is 1. The van der Waals surface area contributed by atoms with E-state index in [0.29, 0.717) is 11.4 Å². The number of nitrogens with one attached hydrogen (secondary N) is 1. The highest BCUT2D eigenvalue weighted by atomic mass is 16.4. The molecule has 0 aliphatic rings. The fourth-order valence-corrected chi connectivity index (χ4v) is 1.97. The minimum absolute atomic E-state index is 0.247. The highest BCUT2D eigenvalue weighted by Crippen LogP contribution is 2.27. The molecule has 0 radical (unpaired) electrons. The van der Waals surface area contributed by atoms with E-state index in [4.69, 9.17) is 0 Å². The number of aryl methyl sites for hydroxylation is 3. The first kappa shape index (κ1) is 11.4. The lowest BCUT2D eigenvalue weighted by atomic mass is 10.00. The first-order valence-corrected chi connectivity index (χ1v) is 5.36. The smallest absolute Gasteiger partial charge is 0.339 e. The van der Waals surface area contributed by atoms with Crippen molar-refractivity contribution < 1.29 is 9.90 Å². The summed E-state index contributed by atoms with van der Waals surface area (Å²) in [5.74, 6) is -0.953. The van der Waals surface area contributed by atoms with Crippen molar-refractivity contribution in [3.63, 3.8) is 0 Å². The molecule has 2 N–H and O–H groups in total. The van der Waals surface area contributed by atoms with Crippen LogP contribution < -0.4 is 0 Å². The molecule has 88 valence electrons. The number of aromatic nitrogens is 2. The van der Waals surface area contributed by atoms with Gasteiger partial charge in [-0.15, -0.1) is 0 Å². The van der Waals surface area contributed by atoms with Gasteiger partial charge in [0.15, 0.2) is 0 Å². The molecule has 0 amide bonds. The maximum absolute atomic E-state index is 11.2. The van der Waals surface area contributed by atoms with E-state index in [-0.39, 0.29) is 5.56 Å². The molecule has 0 aliphatic heterocycles. The second-order valence-corrected chi connectivity index (χ2v) is 4.20. The van der Waals surface area contributed by atoms with E-state index in [9.17, 15) is 9.90 Å². The van der Waals surface area contributed by atoms with Gasteiger partial charge in [-0.05, 0) is 26.3 Å². The molecule has 0 bridgehead atoms. The summed E-state index contributed by atoms with van der Waals surface area (Å²) in [6, 6.07) is 5.88. The first-order chi connectivity index (χ1) is 8.00. The van der Waals surface area contributed by atoms with Crippen LogP contribution >= 0.6 is 0 Å². The predicted octanol–water partition coefficient (Wildman–Crippen LogP) is 2.70. The number of aromatic carboxylic acids is 1. The van der Waals surface area contributed by atoms with Crippen LogP contribution in [0.2, 0.25) is 0 Å². The molecule has 0 fully saturated rings. The Balaban J connectivity index is 2.65. The van der Waals surface area contributed by atoms with Gasteiger partial charge in [0.05, 0.1) is 0 Å². The molecule has 0 aliphatic carbocycles. The van der Waals surface area contributed by atoms with E-state index in [1.165, 1.54) is 0 Å². The van der Waals surface area contributed by atoms with E-state index < -0.39 is 5.97 Å². The highest BCUT2D eigenvalue weighted by Gasteiger charge is 2.19. The molecule has 4 nitrogen and oxygen atoms in total. The molecular formula is C13H14N2O2. The van der Waals surface area contributed by atoms with Gasteiger partial charge in [-0.1, -0.05) is 23.8 Å². The van der Waals surface area contributed by atoms with E-state index >= 15 is 0 Å². The second kappa shape index (κ2) is 4.05. The number of hydrogen-bond acceptors (Lipinski definition) is 2. The van der Waals surface area contributed by atoms with Crippen molar-refractivity contribution in [2.45, 2.75) is 20.8 Å². The zero-order valence-electron chi connectivity index (χ0n) is 10.0. The number of carboxylic acid groups (broad SMARTS) is 1. The Morgan fingerprint density at radius 1 is 1.29 bits per heavy atom. The maximum atomic E-state index is 11.2. The van der Waals surface area contributed by atoms with Crippen LogP contribution in [0.5, 0.6) is 0 Å².